The highest BCUT2D eigenvalue weighted by Crippen LogP contribution is 2.45. The van der Waals surface area contributed by atoms with E-state index in [-0.39, 0.29) is 5.56 Å². The van der Waals surface area contributed by atoms with Gasteiger partial charge in [-0.15, -0.1) is 0 Å². The lowest BCUT2D eigenvalue weighted by atomic mass is 10.2. The van der Waals surface area contributed by atoms with Crippen molar-refractivity contribution in [3.05, 3.63) is 66.0 Å². The third-order valence-electron chi connectivity index (χ3n) is 6.27. The monoisotopic (exact) mass is 476 g/mol. The number of sulfonamides is 1. The molecule has 0 unspecified atom stereocenters. The number of carbonyl (C=O) groups excluding carboxylic acids is 1. The Balaban J connectivity index is 0.000000275. The Hall–Kier alpha value is -3.01. The molecule has 1 aliphatic heterocycles. The van der Waals surface area contributed by atoms with E-state index in [2.05, 4.69) is 14.7 Å². The van der Waals surface area contributed by atoms with Gasteiger partial charge in [-0.2, -0.15) is 5.10 Å². The predicted molar refractivity (Wildman–Crippen MR) is 122 cm³/mol. The number of rotatable bonds is 5. The fourth-order valence-electron chi connectivity index (χ4n) is 3.98. The number of benzene rings is 1. The first kappa shape index (κ1) is 23.2. The molecule has 1 saturated carbocycles. The molecule has 3 heterocycles. The van der Waals surface area contributed by atoms with Crippen molar-refractivity contribution in [1.82, 2.24) is 14.3 Å². The molecule has 2 fully saturated rings. The Labute approximate surface area is 191 Å². The molecule has 0 radical (unpaired) electrons. The number of nitrogens with one attached hydrogen (secondary N) is 1. The summed E-state index contributed by atoms with van der Waals surface area (Å²) in [4.78, 5) is 14.9. The van der Waals surface area contributed by atoms with Gasteiger partial charge in [0.05, 0.1) is 22.0 Å². The van der Waals surface area contributed by atoms with E-state index in [4.69, 9.17) is 0 Å². The van der Waals surface area contributed by atoms with Crippen molar-refractivity contribution in [1.29, 1.82) is 0 Å². The molecule has 1 saturated heterocycles. The number of halogens is 2. The van der Waals surface area contributed by atoms with Gasteiger partial charge in [0.25, 0.3) is 5.91 Å². The molecular weight excluding hydrogens is 450 g/mol. The second-order valence-electron chi connectivity index (χ2n) is 8.37. The van der Waals surface area contributed by atoms with Crippen LogP contribution >= 0.6 is 0 Å². The Morgan fingerprint density at radius 2 is 1.70 bits per heavy atom. The molecule has 10 heteroatoms. The Bertz CT molecular complexity index is 1230. The number of carbonyl (C=O) groups is 1. The van der Waals surface area contributed by atoms with Crippen LogP contribution in [-0.4, -0.2) is 41.8 Å². The third kappa shape index (κ3) is 4.85. The van der Waals surface area contributed by atoms with Crippen LogP contribution in [0.4, 0.5) is 14.5 Å². The van der Waals surface area contributed by atoms with Gasteiger partial charge in [-0.25, -0.2) is 26.4 Å². The van der Waals surface area contributed by atoms with Gasteiger partial charge in [0, 0.05) is 25.0 Å². The van der Waals surface area contributed by atoms with Gasteiger partial charge >= 0.3 is 0 Å². The van der Waals surface area contributed by atoms with Crippen molar-refractivity contribution < 1.29 is 22.0 Å². The SMILES string of the molecule is CCC1(S(=O)(=O)NC(=O)c2cnn3ccc(N4CCCC4)cc23)CC1.Fc1ccc(F)cc1. The number of hydrogen-bond donors (Lipinski definition) is 1. The number of pyridine rings is 1. The summed E-state index contributed by atoms with van der Waals surface area (Å²) in [5, 5.41) is 4.18. The van der Waals surface area contributed by atoms with E-state index >= 15 is 0 Å². The number of fused-ring (bicyclic) bond motifs is 1. The summed E-state index contributed by atoms with van der Waals surface area (Å²) in [6, 6.07) is 8.20. The van der Waals surface area contributed by atoms with E-state index in [1.54, 1.807) is 4.52 Å². The van der Waals surface area contributed by atoms with Gasteiger partial charge in [-0.1, -0.05) is 6.92 Å². The summed E-state index contributed by atoms with van der Waals surface area (Å²) >= 11 is 0. The Morgan fingerprint density at radius 3 is 2.24 bits per heavy atom. The van der Waals surface area contributed by atoms with Crippen LogP contribution in [-0.2, 0) is 10.0 Å². The molecule has 1 N–H and O–H groups in total. The lowest BCUT2D eigenvalue weighted by Gasteiger charge is -2.18. The fourth-order valence-corrected chi connectivity index (χ4v) is 5.57. The molecule has 0 spiro atoms. The molecule has 3 aromatic rings. The molecule has 176 valence electrons. The summed E-state index contributed by atoms with van der Waals surface area (Å²) < 4.78 is 51.9. The van der Waals surface area contributed by atoms with Gasteiger partial charge in [0.15, 0.2) is 0 Å². The second kappa shape index (κ2) is 9.09. The summed E-state index contributed by atoms with van der Waals surface area (Å²) in [7, 11) is -3.67. The molecule has 2 aromatic heterocycles. The minimum atomic E-state index is -3.67. The Morgan fingerprint density at radius 1 is 1.09 bits per heavy atom. The fraction of sp³-hybridized carbons (Fsp3) is 0.391. The number of nitrogens with zero attached hydrogens (tertiary/aromatic N) is 3. The number of hydrogen-bond acceptors (Lipinski definition) is 5. The zero-order valence-electron chi connectivity index (χ0n) is 18.3. The number of anilines is 1. The van der Waals surface area contributed by atoms with Crippen molar-refractivity contribution >= 4 is 27.1 Å². The zero-order chi connectivity index (χ0) is 23.6. The maximum atomic E-state index is 12.6. The van der Waals surface area contributed by atoms with E-state index in [1.807, 2.05) is 25.3 Å². The molecule has 2 aliphatic rings. The summed E-state index contributed by atoms with van der Waals surface area (Å²) in [6.07, 6.45) is 7.30. The molecule has 33 heavy (non-hydrogen) atoms. The van der Waals surface area contributed by atoms with Crippen LogP contribution in [0, 0.1) is 11.6 Å². The quantitative estimate of drug-likeness (QED) is 0.604. The highest BCUT2D eigenvalue weighted by atomic mass is 32.2. The van der Waals surface area contributed by atoms with Crippen LogP contribution in [0.5, 0.6) is 0 Å². The van der Waals surface area contributed by atoms with Crippen LogP contribution in [0.25, 0.3) is 5.52 Å². The standard InChI is InChI=1S/C17H22N4O3S.C6H4F2/c1-2-17(6-7-17)25(23,24)19-16(22)14-12-18-21-10-5-13(11-15(14)21)20-8-3-4-9-20;7-5-1-2-6(8)4-3-5/h5,10-12H,2-4,6-9H2,1H3,(H,19,22);1-4H. The summed E-state index contributed by atoms with van der Waals surface area (Å²) in [5.41, 5.74) is 1.95. The lowest BCUT2D eigenvalue weighted by Crippen LogP contribution is -2.39. The summed E-state index contributed by atoms with van der Waals surface area (Å²) in [6.45, 7) is 3.84. The highest BCUT2D eigenvalue weighted by Gasteiger charge is 2.53. The molecule has 1 amide bonds. The average molecular weight is 477 g/mol. The van der Waals surface area contributed by atoms with E-state index in [9.17, 15) is 22.0 Å². The van der Waals surface area contributed by atoms with Crippen LogP contribution in [0.3, 0.4) is 0 Å². The molecule has 0 bridgehead atoms. The number of aromatic nitrogens is 2. The van der Waals surface area contributed by atoms with E-state index < -0.39 is 32.3 Å². The second-order valence-corrected chi connectivity index (χ2v) is 10.5. The van der Waals surface area contributed by atoms with E-state index in [0.29, 0.717) is 24.8 Å². The first-order valence-electron chi connectivity index (χ1n) is 10.9. The number of amides is 1. The largest absolute Gasteiger partial charge is 0.371 e. The normalized spacial score (nSPS) is 16.9. The van der Waals surface area contributed by atoms with E-state index in [0.717, 1.165) is 55.9 Å². The van der Waals surface area contributed by atoms with Crippen molar-refractivity contribution in [2.45, 2.75) is 43.8 Å². The van der Waals surface area contributed by atoms with Gasteiger partial charge in [-0.3, -0.25) is 4.79 Å². The van der Waals surface area contributed by atoms with Crippen LogP contribution < -0.4 is 9.62 Å². The first-order valence-corrected chi connectivity index (χ1v) is 12.4. The topological polar surface area (TPSA) is 83.8 Å². The minimum Gasteiger partial charge on any atom is -0.371 e. The zero-order valence-corrected chi connectivity index (χ0v) is 19.1. The van der Waals surface area contributed by atoms with Gasteiger partial charge < -0.3 is 4.90 Å². The van der Waals surface area contributed by atoms with E-state index in [1.165, 1.54) is 6.20 Å². The Kier molecular flexibility index (Phi) is 6.38. The predicted octanol–water partition coefficient (Wildman–Crippen LogP) is 3.90. The van der Waals surface area contributed by atoms with Crippen LogP contribution in [0.15, 0.2) is 48.8 Å². The molecular formula is C23H26F2N4O3S. The third-order valence-corrected chi connectivity index (χ3v) is 8.56. The highest BCUT2D eigenvalue weighted by molar-refractivity contribution is 7.91. The maximum absolute atomic E-state index is 12.6. The maximum Gasteiger partial charge on any atom is 0.268 e. The molecule has 1 aromatic carbocycles. The molecule has 5 rings (SSSR count). The van der Waals surface area contributed by atoms with Crippen molar-refractivity contribution in [3.8, 4) is 0 Å². The van der Waals surface area contributed by atoms with Crippen molar-refractivity contribution in [2.24, 2.45) is 0 Å². The van der Waals surface area contributed by atoms with Gasteiger partial charge in [0.1, 0.15) is 11.6 Å². The molecule has 7 nitrogen and oxygen atoms in total. The van der Waals surface area contributed by atoms with Gasteiger partial charge in [-0.05, 0) is 68.5 Å². The smallest absolute Gasteiger partial charge is 0.268 e. The molecule has 0 atom stereocenters. The van der Waals surface area contributed by atoms with Crippen LogP contribution in [0.1, 0.15) is 49.4 Å². The van der Waals surface area contributed by atoms with Crippen LogP contribution in [0.2, 0.25) is 0 Å². The average Bonchev–Trinajstić information content (AvgIpc) is 3.22. The van der Waals surface area contributed by atoms with Gasteiger partial charge in [0.2, 0.25) is 10.0 Å². The summed E-state index contributed by atoms with van der Waals surface area (Å²) in [5.74, 6) is -1.42. The van der Waals surface area contributed by atoms with Crippen molar-refractivity contribution in [3.63, 3.8) is 0 Å². The van der Waals surface area contributed by atoms with Crippen molar-refractivity contribution in [2.75, 3.05) is 18.0 Å². The molecule has 1 aliphatic carbocycles. The first-order chi connectivity index (χ1) is 15.7. The minimum absolute atomic E-state index is 0.288. The lowest BCUT2D eigenvalue weighted by molar-refractivity contribution is 0.0982.